The number of unbranched alkanes of at least 4 members (excludes halogenated alkanes) is 26. The summed E-state index contributed by atoms with van der Waals surface area (Å²) < 4.78 is 68.5. The van der Waals surface area contributed by atoms with Gasteiger partial charge in [-0.1, -0.05) is 289 Å². The molecule has 0 amide bonds. The SMILES string of the molecule is CCC=CCC=CCC=CCC=CCC=CCC=CCCC(=O)OC[C@H](COP(=O)(O)OCC(O)COP(=O)(O)OC[C@@H](COC(=O)CCCCCCCC=CCC=CCCCCC)OC(=O)CCCCCCCCCC=CCCCCCC)OC(=O)CCCC=CCC=CCC=CCCCCCCCC. The highest BCUT2D eigenvalue weighted by Crippen LogP contribution is 2.45. The molecule has 0 fully saturated rings. The maximum atomic E-state index is 13.1. The molecule has 0 aromatic heterocycles. The molecule has 0 aromatic carbocycles. The molecule has 19 heteroatoms. The first-order valence-corrected chi connectivity index (χ1v) is 44.1. The van der Waals surface area contributed by atoms with Crippen LogP contribution in [0.4, 0.5) is 0 Å². The average Bonchev–Trinajstić information content (AvgIpc) is 0.902. The lowest BCUT2D eigenvalue weighted by molar-refractivity contribution is -0.161. The van der Waals surface area contributed by atoms with Gasteiger partial charge in [-0.15, -0.1) is 0 Å². The van der Waals surface area contributed by atoms with Crippen molar-refractivity contribution in [3.63, 3.8) is 0 Å². The lowest BCUT2D eigenvalue weighted by Crippen LogP contribution is -2.30. The summed E-state index contributed by atoms with van der Waals surface area (Å²) in [4.78, 5) is 73.0. The van der Waals surface area contributed by atoms with E-state index in [2.05, 4.69) is 143 Å². The van der Waals surface area contributed by atoms with E-state index >= 15 is 0 Å². The topological polar surface area (TPSA) is 237 Å². The highest BCUT2D eigenvalue weighted by Gasteiger charge is 2.30. The van der Waals surface area contributed by atoms with Crippen molar-refractivity contribution in [3.8, 4) is 0 Å². The van der Waals surface area contributed by atoms with Crippen molar-refractivity contribution in [3.05, 3.63) is 146 Å². The predicted molar refractivity (Wildman–Crippen MR) is 436 cm³/mol. The number of allylic oxidation sites excluding steroid dienone is 24. The number of hydrogen-bond donors (Lipinski definition) is 3. The number of ether oxygens (including phenoxy) is 4. The smallest absolute Gasteiger partial charge is 0.462 e. The number of aliphatic hydroxyl groups excluding tert-OH is 1. The Kier molecular flexibility index (Phi) is 74.3. The molecule has 106 heavy (non-hydrogen) atoms. The maximum Gasteiger partial charge on any atom is 0.472 e. The molecular formula is C87H146O17P2. The molecule has 0 heterocycles. The molecule has 3 unspecified atom stereocenters. The summed E-state index contributed by atoms with van der Waals surface area (Å²) in [6.45, 7) is 4.57. The second kappa shape index (κ2) is 78.1. The largest absolute Gasteiger partial charge is 0.472 e. The van der Waals surface area contributed by atoms with Crippen LogP contribution in [0.2, 0.25) is 0 Å². The second-order valence-electron chi connectivity index (χ2n) is 27.0. The summed E-state index contributed by atoms with van der Waals surface area (Å²) in [5.41, 5.74) is 0. The van der Waals surface area contributed by atoms with Crippen LogP contribution in [-0.4, -0.2) is 96.7 Å². The first-order valence-electron chi connectivity index (χ1n) is 41.1. The van der Waals surface area contributed by atoms with Crippen molar-refractivity contribution < 1.29 is 80.2 Å². The Morgan fingerprint density at radius 3 is 0.887 bits per heavy atom. The Morgan fingerprint density at radius 1 is 0.274 bits per heavy atom. The Bertz CT molecular complexity index is 2580. The minimum atomic E-state index is -5.01. The van der Waals surface area contributed by atoms with Crippen molar-refractivity contribution in [1.82, 2.24) is 0 Å². The van der Waals surface area contributed by atoms with Crippen LogP contribution in [0.25, 0.3) is 0 Å². The van der Waals surface area contributed by atoms with Crippen molar-refractivity contribution in [2.75, 3.05) is 39.6 Å². The van der Waals surface area contributed by atoms with Gasteiger partial charge in [-0.05, 0) is 154 Å². The average molecular weight is 1530 g/mol. The normalized spacial score (nSPS) is 14.6. The first kappa shape index (κ1) is 101. The summed E-state index contributed by atoms with van der Waals surface area (Å²) in [7, 11) is -10.0. The van der Waals surface area contributed by atoms with Gasteiger partial charge in [-0.25, -0.2) is 9.13 Å². The van der Waals surface area contributed by atoms with Gasteiger partial charge >= 0.3 is 39.5 Å². The van der Waals surface area contributed by atoms with E-state index in [1.54, 1.807) is 0 Å². The number of carbonyl (C=O) groups excluding carboxylic acids is 4. The zero-order valence-electron chi connectivity index (χ0n) is 66.3. The number of carbonyl (C=O) groups is 4. The molecule has 5 atom stereocenters. The summed E-state index contributed by atoms with van der Waals surface area (Å²) in [5.74, 6) is -2.35. The lowest BCUT2D eigenvalue weighted by Gasteiger charge is -2.21. The molecule has 0 aliphatic heterocycles. The van der Waals surface area contributed by atoms with Gasteiger partial charge in [0.2, 0.25) is 0 Å². The van der Waals surface area contributed by atoms with Crippen LogP contribution in [0, 0.1) is 0 Å². The Morgan fingerprint density at radius 2 is 0.519 bits per heavy atom. The van der Waals surface area contributed by atoms with Crippen LogP contribution < -0.4 is 0 Å². The van der Waals surface area contributed by atoms with Gasteiger partial charge in [0.1, 0.15) is 19.3 Å². The molecule has 0 radical (unpaired) electrons. The summed E-state index contributed by atoms with van der Waals surface area (Å²) in [5, 5.41) is 10.6. The van der Waals surface area contributed by atoms with Crippen LogP contribution in [0.1, 0.15) is 323 Å². The summed E-state index contributed by atoms with van der Waals surface area (Å²) >= 11 is 0. The minimum absolute atomic E-state index is 0.00338. The Balaban J connectivity index is 5.50. The highest BCUT2D eigenvalue weighted by atomic mass is 31.2. The third kappa shape index (κ3) is 77.1. The van der Waals surface area contributed by atoms with E-state index < -0.39 is 97.5 Å². The van der Waals surface area contributed by atoms with Gasteiger partial charge in [-0.3, -0.25) is 37.3 Å². The zero-order chi connectivity index (χ0) is 77.4. The van der Waals surface area contributed by atoms with E-state index in [9.17, 15) is 43.2 Å². The van der Waals surface area contributed by atoms with Crippen LogP contribution in [0.3, 0.4) is 0 Å². The van der Waals surface area contributed by atoms with E-state index in [1.807, 2.05) is 30.4 Å². The molecule has 0 saturated heterocycles. The second-order valence-corrected chi connectivity index (χ2v) is 29.9. The van der Waals surface area contributed by atoms with Crippen molar-refractivity contribution >= 4 is 39.5 Å². The number of aliphatic hydroxyl groups is 1. The monoisotopic (exact) mass is 1530 g/mol. The number of rotatable bonds is 76. The van der Waals surface area contributed by atoms with Gasteiger partial charge in [0.05, 0.1) is 26.4 Å². The van der Waals surface area contributed by atoms with Crippen LogP contribution in [0.15, 0.2) is 146 Å². The van der Waals surface area contributed by atoms with E-state index in [1.165, 1.54) is 83.5 Å². The molecule has 0 aliphatic rings. The van der Waals surface area contributed by atoms with Crippen LogP contribution >= 0.6 is 15.6 Å². The third-order valence-corrected chi connectivity index (χ3v) is 18.7. The number of phosphoric acid groups is 2. The fourth-order valence-corrected chi connectivity index (χ4v) is 12.1. The minimum Gasteiger partial charge on any atom is -0.462 e. The molecule has 17 nitrogen and oxygen atoms in total. The molecule has 0 bridgehead atoms. The van der Waals surface area contributed by atoms with Crippen molar-refractivity contribution in [2.24, 2.45) is 0 Å². The lowest BCUT2D eigenvalue weighted by atomic mass is 10.1. The van der Waals surface area contributed by atoms with Gasteiger partial charge in [0.25, 0.3) is 0 Å². The van der Waals surface area contributed by atoms with Gasteiger partial charge in [-0.2, -0.15) is 0 Å². The summed E-state index contributed by atoms with van der Waals surface area (Å²) in [6.07, 6.45) is 89.8. The Labute approximate surface area is 643 Å². The van der Waals surface area contributed by atoms with Crippen LogP contribution in [-0.2, 0) is 65.4 Å². The standard InChI is InChI=1S/C87H146O17P2/c1-5-9-13-17-21-25-29-33-37-39-40-42-45-48-52-56-60-64-68-72-85(90)98-78-83(104-87(92)74-70-66-62-58-54-50-46-41-38-34-30-26-22-18-14-10-6-2)80-102-106(95,96)100-76-81(88)75-99-105(93,94)101-79-82(103-86(91)73-69-65-61-57-53-49-44-36-32-28-24-20-16-12-8-4)77-97-84(89)71-67-63-59-55-51-47-43-35-31-27-23-19-15-11-7-3/h9,13,21,23,25,27-28,32-35,37-38,40,42-43,46,48,50,52,58,60,62,64,81-83,88H,5-8,10-12,14-20,22,24,26,29-31,36,39,41,44-45,47,49,51,53-57,59,61,63,65-80H2,1-4H3,(H,93,94)(H,95,96)/t81?,82-,83-/m1/s1. The molecular weight excluding hydrogens is 1380 g/mol. The molecule has 0 aromatic rings. The van der Waals surface area contributed by atoms with Crippen molar-refractivity contribution in [2.45, 2.75) is 341 Å². The van der Waals surface area contributed by atoms with E-state index in [0.29, 0.717) is 38.5 Å². The number of esters is 4. The fraction of sp³-hybridized carbons (Fsp3) is 0.678. The van der Waals surface area contributed by atoms with E-state index in [0.717, 1.165) is 148 Å². The van der Waals surface area contributed by atoms with Gasteiger partial charge < -0.3 is 33.8 Å². The van der Waals surface area contributed by atoms with Crippen molar-refractivity contribution in [1.29, 1.82) is 0 Å². The van der Waals surface area contributed by atoms with Gasteiger partial charge in [0, 0.05) is 25.7 Å². The molecule has 606 valence electrons. The third-order valence-electron chi connectivity index (χ3n) is 16.8. The number of phosphoric ester groups is 2. The van der Waals surface area contributed by atoms with Crippen LogP contribution in [0.5, 0.6) is 0 Å². The van der Waals surface area contributed by atoms with E-state index in [4.69, 9.17) is 37.0 Å². The summed E-state index contributed by atoms with van der Waals surface area (Å²) in [6, 6.07) is 0. The molecule has 0 saturated carbocycles. The number of hydrogen-bond acceptors (Lipinski definition) is 15. The quantitative estimate of drug-likeness (QED) is 0.0169. The molecule has 0 spiro atoms. The fourth-order valence-electron chi connectivity index (χ4n) is 10.5. The molecule has 3 N–H and O–H groups in total. The molecule has 0 rings (SSSR count). The Hall–Kier alpha value is -5.06. The first-order chi connectivity index (χ1) is 51.7. The highest BCUT2D eigenvalue weighted by molar-refractivity contribution is 7.47. The zero-order valence-corrected chi connectivity index (χ0v) is 68.1. The molecule has 0 aliphatic carbocycles. The predicted octanol–water partition coefficient (Wildman–Crippen LogP) is 24.2. The maximum absolute atomic E-state index is 13.1. The van der Waals surface area contributed by atoms with Gasteiger partial charge in [0.15, 0.2) is 12.2 Å². The van der Waals surface area contributed by atoms with E-state index in [-0.39, 0.29) is 25.7 Å².